The highest BCUT2D eigenvalue weighted by atomic mass is 16.2. The molecule has 1 amide bonds. The lowest BCUT2D eigenvalue weighted by molar-refractivity contribution is -0.110. The Morgan fingerprint density at radius 3 is 2.87 bits per heavy atom. The van der Waals surface area contributed by atoms with E-state index < -0.39 is 0 Å². The summed E-state index contributed by atoms with van der Waals surface area (Å²) in [6.07, 6.45) is 4.42. The molecule has 1 saturated carbocycles. The Morgan fingerprint density at radius 1 is 1.13 bits per heavy atom. The number of aromatic nitrogens is 2. The zero-order valence-corrected chi connectivity index (χ0v) is 12.5. The second kappa shape index (κ2) is 4.56. The van der Waals surface area contributed by atoms with E-state index in [1.54, 1.807) is 0 Å². The van der Waals surface area contributed by atoms with E-state index in [0.717, 1.165) is 22.3 Å². The van der Waals surface area contributed by atoms with Crippen LogP contribution in [0.2, 0.25) is 0 Å². The van der Waals surface area contributed by atoms with Crippen LogP contribution in [0.4, 0.5) is 5.69 Å². The average molecular weight is 301 g/mol. The number of H-pyrrole nitrogens is 1. The molecule has 4 heteroatoms. The molecular weight excluding hydrogens is 286 g/mol. The summed E-state index contributed by atoms with van der Waals surface area (Å²) in [6, 6.07) is 14.0. The zero-order chi connectivity index (χ0) is 15.4. The molecule has 1 fully saturated rings. The fourth-order valence-electron chi connectivity index (χ4n) is 3.27. The molecular formula is C19H15N3O. The number of para-hydroxylation sites is 1. The smallest absolute Gasteiger partial charge is 0.256 e. The van der Waals surface area contributed by atoms with Crippen LogP contribution in [0.1, 0.15) is 35.6 Å². The van der Waals surface area contributed by atoms with E-state index in [0.29, 0.717) is 11.5 Å². The second-order valence-electron chi connectivity index (χ2n) is 6.25. The highest BCUT2D eigenvalue weighted by molar-refractivity contribution is 6.34. The first-order valence-corrected chi connectivity index (χ1v) is 7.90. The van der Waals surface area contributed by atoms with Gasteiger partial charge < -0.3 is 5.32 Å². The number of anilines is 1. The molecule has 1 aliphatic carbocycles. The molecule has 2 N–H and O–H groups in total. The van der Waals surface area contributed by atoms with Crippen molar-refractivity contribution in [1.82, 2.24) is 10.2 Å². The van der Waals surface area contributed by atoms with Crippen LogP contribution in [0.25, 0.3) is 22.6 Å². The van der Waals surface area contributed by atoms with Gasteiger partial charge in [0.1, 0.15) is 0 Å². The Kier molecular flexibility index (Phi) is 2.50. The predicted molar refractivity (Wildman–Crippen MR) is 91.0 cm³/mol. The van der Waals surface area contributed by atoms with Gasteiger partial charge in [-0.1, -0.05) is 30.3 Å². The van der Waals surface area contributed by atoms with Crippen molar-refractivity contribution < 1.29 is 4.79 Å². The number of carbonyl (C=O) groups excluding carboxylic acids is 1. The van der Waals surface area contributed by atoms with Crippen LogP contribution in [-0.2, 0) is 4.79 Å². The van der Waals surface area contributed by atoms with Gasteiger partial charge in [0.05, 0.1) is 11.2 Å². The minimum Gasteiger partial charge on any atom is -0.321 e. The van der Waals surface area contributed by atoms with Gasteiger partial charge in [0, 0.05) is 28.1 Å². The first-order chi connectivity index (χ1) is 11.3. The number of amides is 1. The first-order valence-electron chi connectivity index (χ1n) is 7.90. The average Bonchev–Trinajstić information content (AvgIpc) is 3.25. The van der Waals surface area contributed by atoms with Crippen molar-refractivity contribution in [2.45, 2.75) is 18.8 Å². The molecule has 4 nitrogen and oxygen atoms in total. The van der Waals surface area contributed by atoms with Crippen LogP contribution in [0.5, 0.6) is 0 Å². The van der Waals surface area contributed by atoms with Crippen molar-refractivity contribution >= 4 is 34.1 Å². The summed E-state index contributed by atoms with van der Waals surface area (Å²) >= 11 is 0. The third-order valence-corrected chi connectivity index (χ3v) is 4.60. The number of nitrogens with one attached hydrogen (secondary N) is 2. The maximum atomic E-state index is 12.2. The number of hydrogen-bond acceptors (Lipinski definition) is 2. The molecule has 1 aromatic heterocycles. The van der Waals surface area contributed by atoms with E-state index in [1.807, 2.05) is 30.3 Å². The number of fused-ring (bicyclic) bond motifs is 2. The predicted octanol–water partition coefficient (Wildman–Crippen LogP) is 3.93. The molecule has 3 aromatic rings. The Bertz CT molecular complexity index is 979. The van der Waals surface area contributed by atoms with Crippen molar-refractivity contribution in [3.05, 3.63) is 59.3 Å². The number of nitrogens with zero attached hydrogens (tertiary/aromatic N) is 1. The summed E-state index contributed by atoms with van der Waals surface area (Å²) in [6.45, 7) is 0. The van der Waals surface area contributed by atoms with Gasteiger partial charge >= 0.3 is 0 Å². The number of aromatic amines is 1. The SMILES string of the molecule is O=C1Nc2ccccc2C1=Cc1ccc2c(C3CC3)n[nH]c2c1. The molecule has 0 radical (unpaired) electrons. The van der Waals surface area contributed by atoms with Crippen LogP contribution in [0.3, 0.4) is 0 Å². The first kappa shape index (κ1) is 12.6. The minimum absolute atomic E-state index is 0.0467. The molecule has 0 saturated heterocycles. The molecule has 0 spiro atoms. The summed E-state index contributed by atoms with van der Waals surface area (Å²) in [5.74, 6) is 0.579. The Hall–Kier alpha value is -2.88. The third kappa shape index (κ3) is 1.99. The lowest BCUT2D eigenvalue weighted by Gasteiger charge is -1.99. The van der Waals surface area contributed by atoms with Gasteiger partial charge in [0.15, 0.2) is 0 Å². The Balaban J connectivity index is 1.59. The van der Waals surface area contributed by atoms with Crippen LogP contribution in [0, 0.1) is 0 Å². The summed E-state index contributed by atoms with van der Waals surface area (Å²) in [4.78, 5) is 12.2. The molecule has 2 heterocycles. The molecule has 0 atom stereocenters. The number of hydrogen-bond donors (Lipinski definition) is 2. The Labute approximate surface area is 133 Å². The molecule has 1 aliphatic heterocycles. The summed E-state index contributed by atoms with van der Waals surface area (Å²) in [5.41, 5.74) is 5.77. The monoisotopic (exact) mass is 301 g/mol. The second-order valence-corrected chi connectivity index (χ2v) is 6.25. The lowest BCUT2D eigenvalue weighted by atomic mass is 10.0. The van der Waals surface area contributed by atoms with Gasteiger partial charge in [-0.05, 0) is 36.6 Å². The minimum atomic E-state index is -0.0467. The topological polar surface area (TPSA) is 57.8 Å². The molecule has 0 bridgehead atoms. The van der Waals surface area contributed by atoms with Gasteiger partial charge in [-0.3, -0.25) is 9.89 Å². The Morgan fingerprint density at radius 2 is 2.00 bits per heavy atom. The van der Waals surface area contributed by atoms with Crippen LogP contribution >= 0.6 is 0 Å². The van der Waals surface area contributed by atoms with Crippen molar-refractivity contribution in [1.29, 1.82) is 0 Å². The van der Waals surface area contributed by atoms with Gasteiger partial charge in [-0.15, -0.1) is 0 Å². The highest BCUT2D eigenvalue weighted by Crippen LogP contribution is 2.42. The lowest BCUT2D eigenvalue weighted by Crippen LogP contribution is -2.03. The molecule has 2 aromatic carbocycles. The number of carbonyl (C=O) groups is 1. The van der Waals surface area contributed by atoms with Crippen LogP contribution < -0.4 is 5.32 Å². The van der Waals surface area contributed by atoms with Gasteiger partial charge in [0.2, 0.25) is 0 Å². The summed E-state index contributed by atoms with van der Waals surface area (Å²) in [7, 11) is 0. The molecule has 112 valence electrons. The maximum absolute atomic E-state index is 12.2. The zero-order valence-electron chi connectivity index (χ0n) is 12.5. The van der Waals surface area contributed by atoms with E-state index >= 15 is 0 Å². The van der Waals surface area contributed by atoms with Crippen LogP contribution in [0.15, 0.2) is 42.5 Å². The summed E-state index contributed by atoms with van der Waals surface area (Å²) < 4.78 is 0. The summed E-state index contributed by atoms with van der Waals surface area (Å²) in [5, 5.41) is 11.7. The maximum Gasteiger partial charge on any atom is 0.256 e. The fourth-order valence-corrected chi connectivity index (χ4v) is 3.27. The van der Waals surface area contributed by atoms with Gasteiger partial charge in [-0.2, -0.15) is 5.10 Å². The molecule has 5 rings (SSSR count). The molecule has 23 heavy (non-hydrogen) atoms. The van der Waals surface area contributed by atoms with E-state index in [-0.39, 0.29) is 5.91 Å². The van der Waals surface area contributed by atoms with E-state index in [1.165, 1.54) is 23.9 Å². The fraction of sp³-hybridized carbons (Fsp3) is 0.158. The van der Waals surface area contributed by atoms with Gasteiger partial charge in [0.25, 0.3) is 5.91 Å². The van der Waals surface area contributed by atoms with Crippen molar-refractivity contribution in [3.63, 3.8) is 0 Å². The van der Waals surface area contributed by atoms with Crippen molar-refractivity contribution in [2.24, 2.45) is 0 Å². The van der Waals surface area contributed by atoms with Crippen LogP contribution in [-0.4, -0.2) is 16.1 Å². The van der Waals surface area contributed by atoms with E-state index in [9.17, 15) is 4.79 Å². The standard InChI is InChI=1S/C19H15N3O/c23-19-15(13-3-1-2-4-16(13)20-19)9-11-5-8-14-17(10-11)21-22-18(14)12-6-7-12/h1-5,8-10,12H,6-7H2,(H,20,23)(H,21,22). The van der Waals surface area contributed by atoms with E-state index in [4.69, 9.17) is 0 Å². The van der Waals surface area contributed by atoms with Crippen molar-refractivity contribution in [2.75, 3.05) is 5.32 Å². The molecule has 0 unspecified atom stereocenters. The third-order valence-electron chi connectivity index (χ3n) is 4.60. The quantitative estimate of drug-likeness (QED) is 0.705. The number of rotatable bonds is 2. The van der Waals surface area contributed by atoms with E-state index in [2.05, 4.69) is 33.7 Å². The normalized spacial score (nSPS) is 18.4. The van der Waals surface area contributed by atoms with Gasteiger partial charge in [-0.25, -0.2) is 0 Å². The largest absolute Gasteiger partial charge is 0.321 e. The highest BCUT2D eigenvalue weighted by Gasteiger charge is 2.28. The van der Waals surface area contributed by atoms with Crippen molar-refractivity contribution in [3.8, 4) is 0 Å². The number of benzene rings is 2. The molecule has 2 aliphatic rings.